The average molecular weight is 297 g/mol. The molecule has 3 heteroatoms. The zero-order valence-corrected chi connectivity index (χ0v) is 13.8. The fourth-order valence-corrected chi connectivity index (χ4v) is 2.54. The molecule has 3 nitrogen and oxygen atoms in total. The highest BCUT2D eigenvalue weighted by Crippen LogP contribution is 2.30. The zero-order chi connectivity index (χ0) is 16.4. The van der Waals surface area contributed by atoms with Crippen molar-refractivity contribution in [2.45, 2.75) is 20.8 Å². The second-order valence-corrected chi connectivity index (χ2v) is 5.92. The number of nitrogens with zero attached hydrogens (tertiary/aromatic N) is 1. The maximum absolute atomic E-state index is 10.2. The second kappa shape index (κ2) is 6.14. The van der Waals surface area contributed by atoms with Crippen LogP contribution < -0.4 is 4.90 Å². The number of aryl methyl sites for hydroxylation is 3. The van der Waals surface area contributed by atoms with E-state index >= 15 is 0 Å². The van der Waals surface area contributed by atoms with E-state index in [0.717, 1.165) is 33.5 Å². The van der Waals surface area contributed by atoms with Crippen LogP contribution in [0.3, 0.4) is 0 Å². The monoisotopic (exact) mass is 297 g/mol. The van der Waals surface area contributed by atoms with E-state index < -0.39 is 0 Å². The van der Waals surface area contributed by atoms with Gasteiger partial charge in [0.15, 0.2) is 0 Å². The summed E-state index contributed by atoms with van der Waals surface area (Å²) in [4.78, 5) is 1.98. The lowest BCUT2D eigenvalue weighted by Crippen LogP contribution is -2.10. The second-order valence-electron chi connectivity index (χ2n) is 5.92. The topological polar surface area (TPSA) is 43.7 Å². The normalized spacial score (nSPS) is 11.1. The Morgan fingerprint density at radius 3 is 2.00 bits per heavy atom. The van der Waals surface area contributed by atoms with Gasteiger partial charge >= 0.3 is 0 Å². The maximum atomic E-state index is 10.2. The number of rotatable bonds is 3. The van der Waals surface area contributed by atoms with Crippen molar-refractivity contribution in [3.05, 3.63) is 52.1 Å². The van der Waals surface area contributed by atoms with Crippen LogP contribution in [0.25, 0.3) is 12.2 Å². The number of anilines is 1. The molecule has 0 unspecified atom stereocenters. The summed E-state index contributed by atoms with van der Waals surface area (Å²) in [6.45, 7) is 5.91. The number of phenols is 2. The summed E-state index contributed by atoms with van der Waals surface area (Å²) in [5, 5.41) is 20.0. The van der Waals surface area contributed by atoms with E-state index in [1.165, 1.54) is 0 Å². The third-order valence-electron chi connectivity index (χ3n) is 3.85. The van der Waals surface area contributed by atoms with E-state index in [2.05, 4.69) is 0 Å². The number of phenolic OH excluding ortho intramolecular Hbond substituents is 2. The Kier molecular flexibility index (Phi) is 4.45. The minimum Gasteiger partial charge on any atom is -0.508 e. The molecule has 0 aliphatic carbocycles. The van der Waals surface area contributed by atoms with Crippen LogP contribution in [0.5, 0.6) is 11.5 Å². The molecule has 0 saturated carbocycles. The van der Waals surface area contributed by atoms with Crippen molar-refractivity contribution < 1.29 is 10.2 Å². The van der Waals surface area contributed by atoms with E-state index in [-0.39, 0.29) is 11.5 Å². The van der Waals surface area contributed by atoms with Gasteiger partial charge in [0.1, 0.15) is 11.5 Å². The Labute approximate surface area is 132 Å². The van der Waals surface area contributed by atoms with Crippen molar-refractivity contribution in [1.29, 1.82) is 0 Å². The number of hydrogen-bond acceptors (Lipinski definition) is 3. The van der Waals surface area contributed by atoms with Gasteiger partial charge < -0.3 is 15.1 Å². The highest BCUT2D eigenvalue weighted by molar-refractivity contribution is 5.76. The minimum absolute atomic E-state index is 0.250. The van der Waals surface area contributed by atoms with Gasteiger partial charge in [-0.15, -0.1) is 0 Å². The van der Waals surface area contributed by atoms with Crippen molar-refractivity contribution in [3.8, 4) is 11.5 Å². The first-order chi connectivity index (χ1) is 10.3. The molecule has 0 aliphatic rings. The fourth-order valence-electron chi connectivity index (χ4n) is 2.54. The summed E-state index contributed by atoms with van der Waals surface area (Å²) >= 11 is 0. The summed E-state index contributed by atoms with van der Waals surface area (Å²) in [6.07, 6.45) is 3.79. The molecule has 0 heterocycles. The van der Waals surface area contributed by atoms with Crippen LogP contribution in [-0.2, 0) is 0 Å². The van der Waals surface area contributed by atoms with Gasteiger partial charge in [0, 0.05) is 31.4 Å². The quantitative estimate of drug-likeness (QED) is 0.832. The average Bonchev–Trinajstić information content (AvgIpc) is 2.44. The first kappa shape index (κ1) is 16.0. The van der Waals surface area contributed by atoms with Crippen molar-refractivity contribution in [2.75, 3.05) is 19.0 Å². The Hall–Kier alpha value is -2.42. The van der Waals surface area contributed by atoms with Crippen LogP contribution in [0.4, 0.5) is 5.69 Å². The molecular weight excluding hydrogens is 274 g/mol. The lowest BCUT2D eigenvalue weighted by atomic mass is 10.0. The molecule has 0 spiro atoms. The van der Waals surface area contributed by atoms with Gasteiger partial charge in [0.05, 0.1) is 0 Å². The summed E-state index contributed by atoms with van der Waals surface area (Å²) in [6, 6.07) is 7.44. The molecule has 0 aromatic heterocycles. The van der Waals surface area contributed by atoms with Gasteiger partial charge in [-0.25, -0.2) is 0 Å². The van der Waals surface area contributed by atoms with Crippen molar-refractivity contribution in [3.63, 3.8) is 0 Å². The van der Waals surface area contributed by atoms with E-state index in [9.17, 15) is 10.2 Å². The third-order valence-corrected chi connectivity index (χ3v) is 3.85. The van der Waals surface area contributed by atoms with Crippen molar-refractivity contribution in [2.24, 2.45) is 0 Å². The van der Waals surface area contributed by atoms with Crippen LogP contribution >= 0.6 is 0 Å². The van der Waals surface area contributed by atoms with E-state index in [4.69, 9.17) is 0 Å². The van der Waals surface area contributed by atoms with E-state index in [1.807, 2.05) is 64.1 Å². The Bertz CT molecular complexity index is 731. The predicted octanol–water partition coefficient (Wildman–Crippen LogP) is 4.26. The molecule has 0 radical (unpaired) electrons. The Morgan fingerprint density at radius 2 is 1.36 bits per heavy atom. The first-order valence-corrected chi connectivity index (χ1v) is 7.29. The predicted molar refractivity (Wildman–Crippen MR) is 93.7 cm³/mol. The number of benzene rings is 2. The molecule has 2 rings (SSSR count). The molecule has 2 N–H and O–H groups in total. The van der Waals surface area contributed by atoms with Crippen LogP contribution in [0.2, 0.25) is 0 Å². The number of hydrogen-bond donors (Lipinski definition) is 2. The molecule has 0 bridgehead atoms. The maximum Gasteiger partial charge on any atom is 0.124 e. The fraction of sp³-hybridized carbons (Fsp3) is 0.263. The van der Waals surface area contributed by atoms with Gasteiger partial charge in [-0.2, -0.15) is 0 Å². The molecule has 116 valence electrons. The lowest BCUT2D eigenvalue weighted by molar-refractivity contribution is 0.471. The zero-order valence-electron chi connectivity index (χ0n) is 13.8. The lowest BCUT2D eigenvalue weighted by Gasteiger charge is -2.17. The van der Waals surface area contributed by atoms with Gasteiger partial charge in [0.25, 0.3) is 0 Å². The molecule has 0 atom stereocenters. The van der Waals surface area contributed by atoms with Crippen LogP contribution in [0, 0.1) is 20.8 Å². The van der Waals surface area contributed by atoms with Crippen LogP contribution in [-0.4, -0.2) is 24.3 Å². The summed E-state index contributed by atoms with van der Waals surface area (Å²) in [5.41, 5.74) is 5.76. The smallest absolute Gasteiger partial charge is 0.124 e. The van der Waals surface area contributed by atoms with Gasteiger partial charge in [-0.3, -0.25) is 0 Å². The molecule has 0 amide bonds. The largest absolute Gasteiger partial charge is 0.508 e. The standard InChI is InChI=1S/C19H23NO2/c1-12-8-14(3)18(21)10-15(12)6-7-16-9-13(2)17(20(4)5)11-19(16)22/h6-11,21-22H,1-5H3/b7-6+. The SMILES string of the molecule is Cc1cc(C)c(/C=C/c2cc(C)c(N(C)C)cc2O)cc1O. The Morgan fingerprint density at radius 1 is 0.727 bits per heavy atom. The molecule has 2 aromatic carbocycles. The van der Waals surface area contributed by atoms with Gasteiger partial charge in [-0.1, -0.05) is 18.2 Å². The highest BCUT2D eigenvalue weighted by atomic mass is 16.3. The molecular formula is C19H23NO2. The van der Waals surface area contributed by atoms with Gasteiger partial charge in [-0.05, 0) is 55.2 Å². The molecule has 0 fully saturated rings. The Balaban J connectivity index is 2.39. The van der Waals surface area contributed by atoms with Crippen molar-refractivity contribution >= 4 is 17.8 Å². The third kappa shape index (κ3) is 3.25. The van der Waals surface area contributed by atoms with Crippen LogP contribution in [0.15, 0.2) is 24.3 Å². The summed E-state index contributed by atoms with van der Waals surface area (Å²) in [5.74, 6) is 0.535. The molecule has 0 aliphatic heterocycles. The van der Waals surface area contributed by atoms with Gasteiger partial charge in [0.2, 0.25) is 0 Å². The summed E-state index contributed by atoms with van der Waals surface area (Å²) in [7, 11) is 3.91. The molecule has 2 aromatic rings. The van der Waals surface area contributed by atoms with E-state index in [0.29, 0.717) is 0 Å². The number of aromatic hydroxyl groups is 2. The molecule has 22 heavy (non-hydrogen) atoms. The first-order valence-electron chi connectivity index (χ1n) is 7.29. The van der Waals surface area contributed by atoms with E-state index in [1.54, 1.807) is 12.1 Å². The van der Waals surface area contributed by atoms with Crippen LogP contribution in [0.1, 0.15) is 27.8 Å². The van der Waals surface area contributed by atoms with Crippen molar-refractivity contribution in [1.82, 2.24) is 0 Å². The molecule has 0 saturated heterocycles. The summed E-state index contributed by atoms with van der Waals surface area (Å²) < 4.78 is 0. The minimum atomic E-state index is 0.250. The highest BCUT2D eigenvalue weighted by Gasteiger charge is 2.07.